The van der Waals surface area contributed by atoms with E-state index in [0.29, 0.717) is 24.2 Å². The predicted molar refractivity (Wildman–Crippen MR) is 58.7 cm³/mol. The van der Waals surface area contributed by atoms with Crippen molar-refractivity contribution in [3.05, 3.63) is 16.8 Å². The number of aliphatic hydroxyl groups is 1. The van der Waals surface area contributed by atoms with Gasteiger partial charge in [-0.1, -0.05) is 0 Å². The van der Waals surface area contributed by atoms with E-state index in [1.54, 1.807) is 13.8 Å². The summed E-state index contributed by atoms with van der Waals surface area (Å²) in [5.74, 6) is -0.772. The summed E-state index contributed by atoms with van der Waals surface area (Å²) in [4.78, 5) is 11.1. The van der Waals surface area contributed by atoms with Gasteiger partial charge in [0.25, 0.3) is 0 Å². The quantitative estimate of drug-likeness (QED) is 0.635. The zero-order valence-electron chi connectivity index (χ0n) is 9.32. The fourth-order valence-electron chi connectivity index (χ4n) is 1.28. The highest BCUT2D eigenvalue weighted by molar-refractivity contribution is 5.94. The summed E-state index contributed by atoms with van der Waals surface area (Å²) in [6.45, 7) is 3.93. The molecule has 0 saturated carbocycles. The Hall–Kier alpha value is -1.69. The number of nitrogens with one attached hydrogen (secondary N) is 1. The van der Waals surface area contributed by atoms with Crippen LogP contribution in [0.15, 0.2) is 0 Å². The van der Waals surface area contributed by atoms with Crippen LogP contribution in [-0.4, -0.2) is 39.5 Å². The van der Waals surface area contributed by atoms with E-state index in [0.717, 1.165) is 0 Å². The Balaban J connectivity index is 2.99. The number of aliphatic hydroxyl groups excluding tert-OH is 1. The molecule has 0 saturated heterocycles. The van der Waals surface area contributed by atoms with E-state index in [2.05, 4.69) is 15.5 Å². The van der Waals surface area contributed by atoms with Crippen molar-refractivity contribution < 1.29 is 15.0 Å². The number of rotatable bonds is 5. The molecule has 0 aliphatic rings. The van der Waals surface area contributed by atoms with Gasteiger partial charge in [-0.2, -0.15) is 5.10 Å². The van der Waals surface area contributed by atoms with Crippen molar-refractivity contribution in [2.45, 2.75) is 20.3 Å². The van der Waals surface area contributed by atoms with E-state index in [1.807, 2.05) is 0 Å². The van der Waals surface area contributed by atoms with Crippen molar-refractivity contribution in [1.82, 2.24) is 10.2 Å². The molecule has 1 heterocycles. The second kappa shape index (κ2) is 5.41. The topological polar surface area (TPSA) is 95.3 Å². The average Bonchev–Trinajstić information content (AvgIpc) is 2.23. The minimum atomic E-state index is -1.03. The number of aryl methyl sites for hydroxylation is 1. The van der Waals surface area contributed by atoms with E-state index < -0.39 is 5.97 Å². The molecule has 0 bridgehead atoms. The van der Waals surface area contributed by atoms with Gasteiger partial charge < -0.3 is 15.5 Å². The molecule has 3 N–H and O–H groups in total. The molecule has 6 heteroatoms. The molecule has 0 radical (unpaired) electrons. The first kappa shape index (κ1) is 12.4. The van der Waals surface area contributed by atoms with E-state index in [4.69, 9.17) is 10.2 Å². The van der Waals surface area contributed by atoms with Crippen LogP contribution >= 0.6 is 0 Å². The number of hydrogen-bond donors (Lipinski definition) is 3. The van der Waals surface area contributed by atoms with Crippen LogP contribution in [0.5, 0.6) is 0 Å². The first-order valence-electron chi connectivity index (χ1n) is 4.99. The van der Waals surface area contributed by atoms with Crippen molar-refractivity contribution in [2.75, 3.05) is 18.5 Å². The van der Waals surface area contributed by atoms with Crippen LogP contribution < -0.4 is 5.32 Å². The monoisotopic (exact) mass is 225 g/mol. The molecule has 0 aromatic carbocycles. The Morgan fingerprint density at radius 3 is 2.62 bits per heavy atom. The maximum atomic E-state index is 11.1. The summed E-state index contributed by atoms with van der Waals surface area (Å²) in [6, 6.07) is 0. The van der Waals surface area contributed by atoms with Gasteiger partial charge in [0.15, 0.2) is 5.82 Å². The van der Waals surface area contributed by atoms with Crippen LogP contribution in [0.25, 0.3) is 0 Å². The Labute approximate surface area is 93.3 Å². The largest absolute Gasteiger partial charge is 0.478 e. The van der Waals surface area contributed by atoms with E-state index in [1.165, 1.54) is 0 Å². The number of carboxylic acids is 1. The highest BCUT2D eigenvalue weighted by Gasteiger charge is 2.16. The molecular formula is C10H15N3O3. The lowest BCUT2D eigenvalue weighted by Crippen LogP contribution is -2.14. The number of aromatic nitrogens is 2. The summed E-state index contributed by atoms with van der Waals surface area (Å²) in [7, 11) is 0. The normalized spacial score (nSPS) is 10.2. The molecular weight excluding hydrogens is 210 g/mol. The van der Waals surface area contributed by atoms with Gasteiger partial charge in [0, 0.05) is 13.2 Å². The molecule has 88 valence electrons. The summed E-state index contributed by atoms with van der Waals surface area (Å²) < 4.78 is 0. The van der Waals surface area contributed by atoms with Crippen LogP contribution in [0.3, 0.4) is 0 Å². The number of hydrogen-bond acceptors (Lipinski definition) is 5. The molecule has 6 nitrogen and oxygen atoms in total. The van der Waals surface area contributed by atoms with E-state index >= 15 is 0 Å². The maximum absolute atomic E-state index is 11.1. The van der Waals surface area contributed by atoms with Crippen LogP contribution in [0.2, 0.25) is 0 Å². The minimum Gasteiger partial charge on any atom is -0.478 e. The third-order valence-corrected chi connectivity index (χ3v) is 2.30. The molecule has 16 heavy (non-hydrogen) atoms. The van der Waals surface area contributed by atoms with Crippen LogP contribution in [-0.2, 0) is 0 Å². The second-order valence-corrected chi connectivity index (χ2v) is 3.44. The lowest BCUT2D eigenvalue weighted by molar-refractivity contribution is 0.0696. The van der Waals surface area contributed by atoms with E-state index in [-0.39, 0.29) is 18.0 Å². The lowest BCUT2D eigenvalue weighted by Gasteiger charge is -2.10. The molecule has 0 atom stereocenters. The smallest absolute Gasteiger partial charge is 0.339 e. The van der Waals surface area contributed by atoms with Crippen LogP contribution in [0, 0.1) is 13.8 Å². The van der Waals surface area contributed by atoms with Crippen molar-refractivity contribution in [3.8, 4) is 0 Å². The Morgan fingerprint density at radius 1 is 1.38 bits per heavy atom. The van der Waals surface area contributed by atoms with Gasteiger partial charge in [0.2, 0.25) is 0 Å². The third-order valence-electron chi connectivity index (χ3n) is 2.30. The fourth-order valence-corrected chi connectivity index (χ4v) is 1.28. The Kier molecular flexibility index (Phi) is 4.19. The van der Waals surface area contributed by atoms with Gasteiger partial charge in [0.05, 0.1) is 5.69 Å². The van der Waals surface area contributed by atoms with Crippen LogP contribution in [0.1, 0.15) is 28.0 Å². The Morgan fingerprint density at radius 2 is 2.06 bits per heavy atom. The molecule has 1 aromatic heterocycles. The van der Waals surface area contributed by atoms with Gasteiger partial charge >= 0.3 is 5.97 Å². The number of anilines is 1. The minimum absolute atomic E-state index is 0.0493. The third kappa shape index (κ3) is 2.66. The molecule has 0 unspecified atom stereocenters. The summed E-state index contributed by atoms with van der Waals surface area (Å²) in [6.07, 6.45) is 0.535. The number of carbonyl (C=O) groups is 1. The SMILES string of the molecule is Cc1nnc(NCCCO)c(C(=O)O)c1C. The highest BCUT2D eigenvalue weighted by atomic mass is 16.4. The van der Waals surface area contributed by atoms with Crippen molar-refractivity contribution in [3.63, 3.8) is 0 Å². The Bertz CT molecular complexity index is 393. The molecule has 1 aromatic rings. The first-order valence-corrected chi connectivity index (χ1v) is 4.99. The molecule has 1 rings (SSSR count). The number of carboxylic acid groups (broad SMARTS) is 1. The molecule has 0 spiro atoms. The van der Waals surface area contributed by atoms with Gasteiger partial charge in [0.1, 0.15) is 5.56 Å². The maximum Gasteiger partial charge on any atom is 0.339 e. The standard InChI is InChI=1S/C10H15N3O3/c1-6-7(2)12-13-9(8(6)10(15)16)11-4-3-5-14/h14H,3-5H2,1-2H3,(H,11,13)(H,15,16). The molecule has 0 amide bonds. The van der Waals surface area contributed by atoms with Crippen molar-refractivity contribution in [2.24, 2.45) is 0 Å². The zero-order chi connectivity index (χ0) is 12.1. The number of nitrogens with zero attached hydrogens (tertiary/aromatic N) is 2. The molecule has 0 aliphatic heterocycles. The summed E-state index contributed by atoms with van der Waals surface area (Å²) >= 11 is 0. The summed E-state index contributed by atoms with van der Waals surface area (Å²) in [5.41, 5.74) is 1.35. The zero-order valence-corrected chi connectivity index (χ0v) is 9.32. The highest BCUT2D eigenvalue weighted by Crippen LogP contribution is 2.18. The van der Waals surface area contributed by atoms with Crippen LogP contribution in [0.4, 0.5) is 5.82 Å². The molecule has 0 fully saturated rings. The van der Waals surface area contributed by atoms with Gasteiger partial charge in [-0.3, -0.25) is 0 Å². The second-order valence-electron chi connectivity index (χ2n) is 3.44. The summed E-state index contributed by atoms with van der Waals surface area (Å²) in [5, 5.41) is 28.2. The lowest BCUT2D eigenvalue weighted by atomic mass is 10.1. The van der Waals surface area contributed by atoms with Gasteiger partial charge in [-0.05, 0) is 25.8 Å². The van der Waals surface area contributed by atoms with Gasteiger partial charge in [-0.25, -0.2) is 4.79 Å². The fraction of sp³-hybridized carbons (Fsp3) is 0.500. The van der Waals surface area contributed by atoms with Gasteiger partial charge in [-0.15, -0.1) is 5.10 Å². The predicted octanol–water partition coefficient (Wildman–Crippen LogP) is 0.586. The molecule has 0 aliphatic carbocycles. The average molecular weight is 225 g/mol. The van der Waals surface area contributed by atoms with E-state index in [9.17, 15) is 4.79 Å². The van der Waals surface area contributed by atoms with Crippen molar-refractivity contribution in [1.29, 1.82) is 0 Å². The first-order chi connectivity index (χ1) is 7.57. The number of aromatic carboxylic acids is 1. The van der Waals surface area contributed by atoms with Crippen molar-refractivity contribution >= 4 is 11.8 Å².